The van der Waals surface area contributed by atoms with Crippen LogP contribution in [0.4, 0.5) is 0 Å². The van der Waals surface area contributed by atoms with E-state index in [1.54, 1.807) is 0 Å². The van der Waals surface area contributed by atoms with Crippen LogP contribution in [0.25, 0.3) is 0 Å². The Bertz CT molecular complexity index is 518. The van der Waals surface area contributed by atoms with Crippen molar-refractivity contribution in [2.45, 2.75) is 83.8 Å². The van der Waals surface area contributed by atoms with Gasteiger partial charge < -0.3 is 4.74 Å². The number of benzene rings is 1. The molecule has 2 unspecified atom stereocenters. The quantitative estimate of drug-likeness (QED) is 0.716. The number of rotatable bonds is 6. The number of esters is 1. The van der Waals surface area contributed by atoms with E-state index >= 15 is 0 Å². The van der Waals surface area contributed by atoms with Crippen molar-refractivity contribution < 1.29 is 9.53 Å². The Kier molecular flexibility index (Phi) is 6.45. The average Bonchev–Trinajstić information content (AvgIpc) is 2.56. The van der Waals surface area contributed by atoms with Crippen molar-refractivity contribution >= 4 is 5.97 Å². The number of ether oxygens (including phenoxy) is 1. The Morgan fingerprint density at radius 1 is 1.17 bits per heavy atom. The van der Waals surface area contributed by atoms with Crippen LogP contribution >= 0.6 is 0 Å². The predicted octanol–water partition coefficient (Wildman–Crippen LogP) is 4.55. The highest BCUT2D eigenvalue weighted by Gasteiger charge is 2.52. The molecule has 0 N–H and O–H groups in total. The number of carbonyl (C=O) groups excluding carboxylic acids is 1. The van der Waals surface area contributed by atoms with E-state index in [4.69, 9.17) is 4.74 Å². The minimum Gasteiger partial charge on any atom is -0.465 e. The van der Waals surface area contributed by atoms with Gasteiger partial charge in [0.25, 0.3) is 0 Å². The lowest BCUT2D eigenvalue weighted by Crippen LogP contribution is -2.60. The first-order valence-corrected chi connectivity index (χ1v) is 9.45. The molecule has 2 atom stereocenters. The zero-order valence-electron chi connectivity index (χ0n) is 15.9. The molecule has 0 heterocycles. The summed E-state index contributed by atoms with van der Waals surface area (Å²) < 4.78 is 5.61. The Balaban J connectivity index is 2.58. The third-order valence-corrected chi connectivity index (χ3v) is 5.35. The molecule has 0 saturated heterocycles. The van der Waals surface area contributed by atoms with Crippen LogP contribution in [0.5, 0.6) is 0 Å². The fourth-order valence-corrected chi connectivity index (χ4v) is 4.56. The van der Waals surface area contributed by atoms with Gasteiger partial charge in [-0.3, -0.25) is 9.69 Å². The highest BCUT2D eigenvalue weighted by atomic mass is 16.5. The molecular formula is C21H33NO2. The van der Waals surface area contributed by atoms with Crippen LogP contribution in [0.2, 0.25) is 0 Å². The third kappa shape index (κ3) is 3.51. The van der Waals surface area contributed by atoms with Gasteiger partial charge >= 0.3 is 5.97 Å². The molecule has 2 rings (SSSR count). The number of nitrogens with zero attached hydrogens (tertiary/aromatic N) is 1. The van der Waals surface area contributed by atoms with Crippen molar-refractivity contribution in [1.82, 2.24) is 4.90 Å². The van der Waals surface area contributed by atoms with Crippen LogP contribution in [0.1, 0.15) is 65.9 Å². The minimum atomic E-state index is -0.552. The number of hydrogen-bond donors (Lipinski definition) is 0. The Hall–Kier alpha value is -1.35. The summed E-state index contributed by atoms with van der Waals surface area (Å²) in [7, 11) is 0. The van der Waals surface area contributed by atoms with Crippen LogP contribution in [-0.4, -0.2) is 35.6 Å². The lowest BCUT2D eigenvalue weighted by Gasteiger charge is -2.50. The summed E-state index contributed by atoms with van der Waals surface area (Å²) in [5, 5.41) is 0. The van der Waals surface area contributed by atoms with Crippen molar-refractivity contribution in [3.8, 4) is 0 Å². The maximum Gasteiger partial charge on any atom is 0.318 e. The van der Waals surface area contributed by atoms with Gasteiger partial charge in [0.1, 0.15) is 5.41 Å². The Labute approximate surface area is 147 Å². The standard InChI is InChI=1S/C21H33NO2/c1-6-24-20(23)21(18-12-8-7-9-13-18)15-11-10-14-19(21)22(16(2)3)17(4)5/h7-9,12-13,16-17,19H,6,10-11,14-15H2,1-5H3. The zero-order valence-corrected chi connectivity index (χ0v) is 15.9. The molecule has 1 saturated carbocycles. The van der Waals surface area contributed by atoms with E-state index in [9.17, 15) is 4.79 Å². The van der Waals surface area contributed by atoms with Crippen molar-refractivity contribution in [2.24, 2.45) is 0 Å². The second kappa shape index (κ2) is 8.15. The van der Waals surface area contributed by atoms with Gasteiger partial charge in [-0.25, -0.2) is 0 Å². The SMILES string of the molecule is CCOC(=O)C1(c2ccccc2)CCCCC1N(C(C)C)C(C)C. The molecule has 1 fully saturated rings. The molecule has 0 radical (unpaired) electrons. The van der Waals surface area contributed by atoms with Gasteiger partial charge in [0.15, 0.2) is 0 Å². The monoisotopic (exact) mass is 331 g/mol. The first-order chi connectivity index (χ1) is 11.4. The van der Waals surface area contributed by atoms with E-state index in [0.717, 1.165) is 24.8 Å². The van der Waals surface area contributed by atoms with Crippen LogP contribution in [-0.2, 0) is 14.9 Å². The Morgan fingerprint density at radius 3 is 2.33 bits per heavy atom. The van der Waals surface area contributed by atoms with Crippen molar-refractivity contribution in [1.29, 1.82) is 0 Å². The maximum absolute atomic E-state index is 13.2. The summed E-state index contributed by atoms with van der Waals surface area (Å²) in [6.45, 7) is 11.3. The fraction of sp³-hybridized carbons (Fsp3) is 0.667. The summed E-state index contributed by atoms with van der Waals surface area (Å²) >= 11 is 0. The molecule has 0 amide bonds. The second-order valence-corrected chi connectivity index (χ2v) is 7.45. The molecule has 3 heteroatoms. The lowest BCUT2D eigenvalue weighted by molar-refractivity contribution is -0.156. The van der Waals surface area contributed by atoms with E-state index in [-0.39, 0.29) is 12.0 Å². The highest BCUT2D eigenvalue weighted by Crippen LogP contribution is 2.44. The second-order valence-electron chi connectivity index (χ2n) is 7.45. The zero-order chi connectivity index (χ0) is 17.7. The van der Waals surface area contributed by atoms with Crippen LogP contribution < -0.4 is 0 Å². The first-order valence-electron chi connectivity index (χ1n) is 9.45. The number of carbonyl (C=O) groups is 1. The molecule has 134 valence electrons. The van der Waals surface area contributed by atoms with Crippen LogP contribution in [0.3, 0.4) is 0 Å². The molecule has 1 aromatic carbocycles. The highest BCUT2D eigenvalue weighted by molar-refractivity contribution is 5.84. The molecular weight excluding hydrogens is 298 g/mol. The van der Waals surface area contributed by atoms with E-state index in [2.05, 4.69) is 44.7 Å². The summed E-state index contributed by atoms with van der Waals surface area (Å²) in [4.78, 5) is 15.7. The van der Waals surface area contributed by atoms with Crippen molar-refractivity contribution in [3.05, 3.63) is 35.9 Å². The molecule has 0 spiro atoms. The van der Waals surface area contributed by atoms with Gasteiger partial charge in [-0.1, -0.05) is 43.2 Å². The van der Waals surface area contributed by atoms with Gasteiger partial charge in [-0.15, -0.1) is 0 Å². The van der Waals surface area contributed by atoms with Gasteiger partial charge in [0, 0.05) is 18.1 Å². The molecule has 1 aromatic rings. The van der Waals surface area contributed by atoms with Gasteiger partial charge in [-0.05, 0) is 53.0 Å². The number of hydrogen-bond acceptors (Lipinski definition) is 3. The summed E-state index contributed by atoms with van der Waals surface area (Å²) in [6.07, 6.45) is 4.17. The molecule has 0 aliphatic heterocycles. The summed E-state index contributed by atoms with van der Waals surface area (Å²) in [5.41, 5.74) is 0.559. The van der Waals surface area contributed by atoms with Gasteiger partial charge in [-0.2, -0.15) is 0 Å². The molecule has 24 heavy (non-hydrogen) atoms. The first kappa shape index (κ1) is 19.0. The predicted molar refractivity (Wildman–Crippen MR) is 99.1 cm³/mol. The van der Waals surface area contributed by atoms with E-state index in [0.29, 0.717) is 18.7 Å². The largest absolute Gasteiger partial charge is 0.465 e. The third-order valence-electron chi connectivity index (χ3n) is 5.35. The van der Waals surface area contributed by atoms with E-state index in [1.165, 1.54) is 6.42 Å². The van der Waals surface area contributed by atoms with Crippen molar-refractivity contribution in [3.63, 3.8) is 0 Å². The summed E-state index contributed by atoms with van der Waals surface area (Å²) in [5.74, 6) is -0.0489. The van der Waals surface area contributed by atoms with Gasteiger partial charge in [0.2, 0.25) is 0 Å². The normalized spacial score (nSPS) is 24.6. The topological polar surface area (TPSA) is 29.5 Å². The Morgan fingerprint density at radius 2 is 1.79 bits per heavy atom. The summed E-state index contributed by atoms with van der Waals surface area (Å²) in [6, 6.07) is 11.3. The molecule has 1 aliphatic carbocycles. The fourth-order valence-electron chi connectivity index (χ4n) is 4.56. The lowest BCUT2D eigenvalue weighted by atomic mass is 9.65. The van der Waals surface area contributed by atoms with E-state index < -0.39 is 5.41 Å². The maximum atomic E-state index is 13.2. The smallest absolute Gasteiger partial charge is 0.318 e. The van der Waals surface area contributed by atoms with Crippen LogP contribution in [0, 0.1) is 0 Å². The molecule has 0 aromatic heterocycles. The molecule has 3 nitrogen and oxygen atoms in total. The molecule has 0 bridgehead atoms. The van der Waals surface area contributed by atoms with Gasteiger partial charge in [0.05, 0.1) is 6.61 Å². The van der Waals surface area contributed by atoms with Crippen molar-refractivity contribution in [2.75, 3.05) is 6.61 Å². The van der Waals surface area contributed by atoms with Crippen LogP contribution in [0.15, 0.2) is 30.3 Å². The van der Waals surface area contributed by atoms with E-state index in [1.807, 2.05) is 25.1 Å². The molecule has 1 aliphatic rings. The minimum absolute atomic E-state index is 0.0489. The average molecular weight is 332 g/mol.